The highest BCUT2D eigenvalue weighted by Gasteiger charge is 2.40. The van der Waals surface area contributed by atoms with Gasteiger partial charge in [0.2, 0.25) is 5.95 Å². The number of hydrogen-bond donors (Lipinski definition) is 3. The molecule has 1 aromatic carbocycles. The van der Waals surface area contributed by atoms with Gasteiger partial charge in [-0.15, -0.1) is 0 Å². The lowest BCUT2D eigenvalue weighted by Gasteiger charge is -2.22. The standard InChI is InChI=1S/C24H27ClN6O3/c1-12-11-34-23(33)19-20(27-12)16-9-13(3-8-18(16)30(2)22(19)32)28-21-17(25)10-26-24(29-21)31-14-4-5-15(31)7-6-14/h3,8-10,12,14-15,23,27,33H,4-7,11H2,1-2H3,(H,26,28,29)/t12-,14?,15?,23?/m0/s1. The van der Waals surface area contributed by atoms with Crippen molar-refractivity contribution in [1.82, 2.24) is 14.5 Å². The lowest BCUT2D eigenvalue weighted by atomic mass is 10.0. The molecule has 34 heavy (non-hydrogen) atoms. The monoisotopic (exact) mass is 482 g/mol. The maximum Gasteiger partial charge on any atom is 0.261 e. The number of aliphatic hydroxyl groups is 1. The molecule has 3 aromatic rings. The van der Waals surface area contributed by atoms with Crippen molar-refractivity contribution in [2.75, 3.05) is 22.1 Å². The van der Waals surface area contributed by atoms with Crippen LogP contribution in [0.4, 0.5) is 23.1 Å². The van der Waals surface area contributed by atoms with Gasteiger partial charge in [-0.2, -0.15) is 4.98 Å². The molecule has 3 N–H and O–H groups in total. The summed E-state index contributed by atoms with van der Waals surface area (Å²) >= 11 is 6.47. The Morgan fingerprint density at radius 1 is 1.24 bits per heavy atom. The van der Waals surface area contributed by atoms with Crippen molar-refractivity contribution in [2.24, 2.45) is 7.05 Å². The fourth-order valence-corrected chi connectivity index (χ4v) is 5.72. The SMILES string of the molecule is C[C@H]1COC(O)c2c(c3cc(Nc4nc(N5C6CCC5CC6)ncc4Cl)ccc3n(C)c2=O)N1. The molecule has 2 bridgehead atoms. The average Bonchev–Trinajstić information content (AvgIpc) is 3.39. The van der Waals surface area contributed by atoms with Gasteiger partial charge in [0.15, 0.2) is 12.1 Å². The maximum absolute atomic E-state index is 13.0. The average molecular weight is 483 g/mol. The number of ether oxygens (including phenoxy) is 1. The largest absolute Gasteiger partial charge is 0.379 e. The lowest BCUT2D eigenvalue weighted by Crippen LogP contribution is -2.30. The molecule has 0 spiro atoms. The number of fused-ring (bicyclic) bond motifs is 5. The molecule has 1 unspecified atom stereocenters. The van der Waals surface area contributed by atoms with Crippen LogP contribution in [0.3, 0.4) is 0 Å². The van der Waals surface area contributed by atoms with Crippen molar-refractivity contribution in [3.8, 4) is 0 Å². The Morgan fingerprint density at radius 3 is 2.71 bits per heavy atom. The highest BCUT2D eigenvalue weighted by molar-refractivity contribution is 6.33. The molecule has 178 valence electrons. The van der Waals surface area contributed by atoms with E-state index in [1.165, 1.54) is 30.3 Å². The highest BCUT2D eigenvalue weighted by Crippen LogP contribution is 2.40. The van der Waals surface area contributed by atoms with Crippen molar-refractivity contribution < 1.29 is 9.84 Å². The first-order valence-corrected chi connectivity index (χ1v) is 12.1. The van der Waals surface area contributed by atoms with E-state index in [1.807, 2.05) is 25.1 Å². The van der Waals surface area contributed by atoms with Crippen molar-refractivity contribution in [1.29, 1.82) is 0 Å². The summed E-state index contributed by atoms with van der Waals surface area (Å²) in [6, 6.07) is 6.65. The Balaban J connectivity index is 1.42. The number of nitrogens with one attached hydrogen (secondary N) is 2. The molecule has 3 aliphatic rings. The zero-order valence-corrected chi connectivity index (χ0v) is 19.8. The Morgan fingerprint density at radius 2 is 1.97 bits per heavy atom. The van der Waals surface area contributed by atoms with Crippen LogP contribution in [-0.2, 0) is 11.8 Å². The van der Waals surface area contributed by atoms with E-state index in [0.717, 1.165) is 16.6 Å². The second-order valence-electron chi connectivity index (χ2n) is 9.48. The normalized spacial score (nSPS) is 25.8. The summed E-state index contributed by atoms with van der Waals surface area (Å²) in [7, 11) is 1.69. The first kappa shape index (κ1) is 21.6. The molecule has 2 aromatic heterocycles. The second-order valence-corrected chi connectivity index (χ2v) is 9.88. The number of aliphatic hydroxyl groups excluding tert-OH is 1. The number of aryl methyl sites for hydroxylation is 1. The van der Waals surface area contributed by atoms with Crippen LogP contribution >= 0.6 is 11.6 Å². The Kier molecular flexibility index (Phi) is 5.16. The van der Waals surface area contributed by atoms with Gasteiger partial charge >= 0.3 is 0 Å². The van der Waals surface area contributed by atoms with Gasteiger partial charge in [-0.05, 0) is 50.8 Å². The molecule has 0 amide bonds. The first-order chi connectivity index (χ1) is 16.4. The number of aromatic nitrogens is 3. The molecule has 2 saturated heterocycles. The molecule has 3 aliphatic heterocycles. The topological polar surface area (TPSA) is 105 Å². The van der Waals surface area contributed by atoms with Crippen LogP contribution in [0.15, 0.2) is 29.2 Å². The first-order valence-electron chi connectivity index (χ1n) is 11.7. The third-order valence-corrected chi connectivity index (χ3v) is 7.53. The van der Waals surface area contributed by atoms with Gasteiger partial charge in [0.1, 0.15) is 5.02 Å². The summed E-state index contributed by atoms with van der Waals surface area (Å²) in [6.07, 6.45) is 5.12. The molecular weight excluding hydrogens is 456 g/mol. The molecule has 0 radical (unpaired) electrons. The smallest absolute Gasteiger partial charge is 0.261 e. The fourth-order valence-electron chi connectivity index (χ4n) is 5.59. The van der Waals surface area contributed by atoms with E-state index in [-0.39, 0.29) is 23.8 Å². The van der Waals surface area contributed by atoms with Crippen LogP contribution < -0.4 is 21.1 Å². The van der Waals surface area contributed by atoms with Crippen molar-refractivity contribution in [3.05, 3.63) is 45.3 Å². The predicted octanol–water partition coefficient (Wildman–Crippen LogP) is 3.68. The molecule has 6 rings (SSSR count). The Labute approximate surface area is 201 Å². The Bertz CT molecular complexity index is 1320. The maximum atomic E-state index is 13.0. The summed E-state index contributed by atoms with van der Waals surface area (Å²) in [4.78, 5) is 24.6. The molecule has 0 saturated carbocycles. The van der Waals surface area contributed by atoms with E-state index in [2.05, 4.69) is 20.5 Å². The molecule has 9 nitrogen and oxygen atoms in total. The number of rotatable bonds is 3. The van der Waals surface area contributed by atoms with E-state index in [1.54, 1.807) is 13.2 Å². The van der Waals surface area contributed by atoms with Crippen LogP contribution in [0.5, 0.6) is 0 Å². The van der Waals surface area contributed by atoms with Crippen LogP contribution in [0.2, 0.25) is 5.02 Å². The number of benzene rings is 1. The number of hydrogen-bond acceptors (Lipinski definition) is 8. The summed E-state index contributed by atoms with van der Waals surface area (Å²) in [5, 5.41) is 18.4. The molecule has 2 fully saturated rings. The van der Waals surface area contributed by atoms with Gasteiger partial charge in [-0.3, -0.25) is 4.79 Å². The fraction of sp³-hybridized carbons (Fsp3) is 0.458. The van der Waals surface area contributed by atoms with Crippen LogP contribution in [-0.4, -0.2) is 44.4 Å². The zero-order valence-electron chi connectivity index (χ0n) is 19.1. The third-order valence-electron chi connectivity index (χ3n) is 7.25. The molecule has 2 atom stereocenters. The zero-order chi connectivity index (χ0) is 23.6. The van der Waals surface area contributed by atoms with E-state index in [4.69, 9.17) is 21.3 Å². The van der Waals surface area contributed by atoms with Gasteiger partial charge in [-0.25, -0.2) is 4.98 Å². The molecule has 0 aliphatic carbocycles. The van der Waals surface area contributed by atoms with E-state index >= 15 is 0 Å². The number of pyridine rings is 1. The highest BCUT2D eigenvalue weighted by atomic mass is 35.5. The van der Waals surface area contributed by atoms with Gasteiger partial charge in [0.25, 0.3) is 5.56 Å². The minimum atomic E-state index is -1.29. The minimum Gasteiger partial charge on any atom is -0.379 e. The van der Waals surface area contributed by atoms with E-state index in [9.17, 15) is 9.90 Å². The third kappa shape index (κ3) is 3.41. The lowest BCUT2D eigenvalue weighted by molar-refractivity contribution is -0.102. The molecular formula is C24H27ClN6O3. The van der Waals surface area contributed by atoms with Gasteiger partial charge in [0.05, 0.1) is 29.6 Å². The summed E-state index contributed by atoms with van der Waals surface area (Å²) in [5.41, 5.74) is 2.01. The second kappa shape index (κ2) is 8.11. The minimum absolute atomic E-state index is 0.0717. The van der Waals surface area contributed by atoms with Crippen molar-refractivity contribution in [3.63, 3.8) is 0 Å². The number of anilines is 4. The molecule has 10 heteroatoms. The van der Waals surface area contributed by atoms with Gasteiger partial charge in [-0.1, -0.05) is 11.6 Å². The quantitative estimate of drug-likeness (QED) is 0.519. The summed E-state index contributed by atoms with van der Waals surface area (Å²) < 4.78 is 7.01. The van der Waals surface area contributed by atoms with Crippen LogP contribution in [0, 0.1) is 0 Å². The number of halogens is 1. The van der Waals surface area contributed by atoms with E-state index < -0.39 is 6.29 Å². The number of nitrogens with zero attached hydrogens (tertiary/aromatic N) is 4. The van der Waals surface area contributed by atoms with Gasteiger partial charge in [0, 0.05) is 36.2 Å². The van der Waals surface area contributed by atoms with Crippen molar-refractivity contribution in [2.45, 2.75) is 57.0 Å². The van der Waals surface area contributed by atoms with Crippen molar-refractivity contribution >= 4 is 45.6 Å². The summed E-state index contributed by atoms with van der Waals surface area (Å²) in [6.45, 7) is 2.23. The van der Waals surface area contributed by atoms with E-state index in [0.29, 0.717) is 34.6 Å². The predicted molar refractivity (Wildman–Crippen MR) is 132 cm³/mol. The molecule has 5 heterocycles. The summed E-state index contributed by atoms with van der Waals surface area (Å²) in [5.74, 6) is 1.25. The van der Waals surface area contributed by atoms with Crippen LogP contribution in [0.1, 0.15) is 44.5 Å². The van der Waals surface area contributed by atoms with Crippen LogP contribution in [0.25, 0.3) is 10.9 Å². The van der Waals surface area contributed by atoms with Gasteiger partial charge < -0.3 is 29.9 Å². The Hall–Kier alpha value is -2.88.